The van der Waals surface area contributed by atoms with E-state index >= 15 is 0 Å². The molecular formula is C29H36N6O3. The Morgan fingerprint density at radius 2 is 1.89 bits per heavy atom. The summed E-state index contributed by atoms with van der Waals surface area (Å²) in [5.41, 5.74) is 2.55. The summed E-state index contributed by atoms with van der Waals surface area (Å²) in [4.78, 5) is 26.5. The Labute approximate surface area is 223 Å². The van der Waals surface area contributed by atoms with Crippen LogP contribution in [0, 0.1) is 17.2 Å². The average molecular weight is 517 g/mol. The Kier molecular flexibility index (Phi) is 7.63. The number of hydrogen-bond acceptors (Lipinski definition) is 8. The highest BCUT2D eigenvalue weighted by Crippen LogP contribution is 2.34. The van der Waals surface area contributed by atoms with E-state index in [4.69, 9.17) is 9.47 Å². The first-order valence-corrected chi connectivity index (χ1v) is 13.5. The summed E-state index contributed by atoms with van der Waals surface area (Å²) in [5.74, 6) is 1.96. The number of hydrogen-bond donors (Lipinski definition) is 0. The molecule has 4 heterocycles. The minimum Gasteiger partial charge on any atom is -0.493 e. The molecule has 0 N–H and O–H groups in total. The highest BCUT2D eigenvalue weighted by molar-refractivity contribution is 5.86. The van der Waals surface area contributed by atoms with Gasteiger partial charge in [-0.05, 0) is 49.6 Å². The molecule has 1 aromatic carbocycles. The Morgan fingerprint density at radius 3 is 2.53 bits per heavy atom. The minimum absolute atomic E-state index is 0.106. The van der Waals surface area contributed by atoms with Crippen LogP contribution in [0.3, 0.4) is 0 Å². The molecule has 2 aliphatic heterocycles. The van der Waals surface area contributed by atoms with Crippen molar-refractivity contribution in [3.05, 3.63) is 58.1 Å². The lowest BCUT2D eigenvalue weighted by Gasteiger charge is -2.49. The zero-order valence-electron chi connectivity index (χ0n) is 22.6. The van der Waals surface area contributed by atoms with E-state index in [0.717, 1.165) is 44.9 Å². The fourth-order valence-corrected chi connectivity index (χ4v) is 5.62. The molecule has 1 unspecified atom stereocenters. The lowest BCUT2D eigenvalue weighted by atomic mass is 9.96. The van der Waals surface area contributed by atoms with E-state index in [0.29, 0.717) is 35.1 Å². The molecule has 0 amide bonds. The van der Waals surface area contributed by atoms with Gasteiger partial charge in [0.2, 0.25) is 0 Å². The van der Waals surface area contributed by atoms with Crippen LogP contribution in [-0.2, 0) is 11.8 Å². The van der Waals surface area contributed by atoms with Crippen LogP contribution >= 0.6 is 0 Å². The van der Waals surface area contributed by atoms with Crippen LogP contribution in [-0.4, -0.2) is 64.4 Å². The third-order valence-corrected chi connectivity index (χ3v) is 7.92. The number of aryl methyl sites for hydroxylation is 1. The molecule has 5 rings (SSSR count). The summed E-state index contributed by atoms with van der Waals surface area (Å²) in [7, 11) is 1.69. The largest absolute Gasteiger partial charge is 0.493 e. The number of anilines is 1. The number of piperazine rings is 1. The molecule has 9 heteroatoms. The molecule has 2 fully saturated rings. The van der Waals surface area contributed by atoms with Gasteiger partial charge < -0.3 is 14.4 Å². The van der Waals surface area contributed by atoms with E-state index in [2.05, 4.69) is 70.9 Å². The van der Waals surface area contributed by atoms with Crippen molar-refractivity contribution < 1.29 is 9.47 Å². The van der Waals surface area contributed by atoms with Crippen LogP contribution in [0.15, 0.2) is 41.2 Å². The maximum atomic E-state index is 12.7. The van der Waals surface area contributed by atoms with Gasteiger partial charge in [-0.2, -0.15) is 10.2 Å². The third kappa shape index (κ3) is 4.98. The standard InChI is InChI=1S/C29H36N6O3/c1-5-23-15-34(28-27-26(33(4)29(36)32-28)12-9-22(13-30)31-27)19(3)14-35(23)25(6-2)21-7-10-24(11-8-21)38-18-20-16-37-17-20/h7-12,19-20,23,25H,5-6,14-18H2,1-4H3/t19-,23+,25?/m0/s1. The molecule has 0 saturated carbocycles. The van der Waals surface area contributed by atoms with Gasteiger partial charge in [0.05, 0.1) is 25.3 Å². The van der Waals surface area contributed by atoms with Gasteiger partial charge >= 0.3 is 5.69 Å². The number of ether oxygens (including phenoxy) is 2. The quantitative estimate of drug-likeness (QED) is 0.448. The van der Waals surface area contributed by atoms with Crippen molar-refractivity contribution in [2.45, 2.75) is 51.7 Å². The zero-order chi connectivity index (χ0) is 26.8. The Morgan fingerprint density at radius 1 is 1.13 bits per heavy atom. The molecule has 38 heavy (non-hydrogen) atoms. The van der Waals surface area contributed by atoms with E-state index in [1.807, 2.05) is 0 Å². The van der Waals surface area contributed by atoms with Gasteiger partial charge in [0, 0.05) is 44.2 Å². The summed E-state index contributed by atoms with van der Waals surface area (Å²) in [6.45, 7) is 10.4. The fourth-order valence-electron chi connectivity index (χ4n) is 5.62. The zero-order valence-corrected chi connectivity index (χ0v) is 22.6. The van der Waals surface area contributed by atoms with Gasteiger partial charge in [0.15, 0.2) is 5.82 Å². The SMILES string of the molecule is CCC(c1ccc(OCC2COC2)cc1)N1C[C@H](C)N(c2nc(=O)n(C)c3ccc(C#N)nc23)C[C@H]1CC. The molecule has 9 nitrogen and oxygen atoms in total. The summed E-state index contributed by atoms with van der Waals surface area (Å²) >= 11 is 0. The second-order valence-corrected chi connectivity index (χ2v) is 10.4. The Balaban J connectivity index is 1.39. The average Bonchev–Trinajstić information content (AvgIpc) is 2.91. The first kappa shape index (κ1) is 26.1. The number of aromatic nitrogens is 3. The number of fused-ring (bicyclic) bond motifs is 1. The highest BCUT2D eigenvalue weighted by atomic mass is 16.5. The number of pyridine rings is 1. The Hall–Kier alpha value is -3.48. The van der Waals surface area contributed by atoms with Gasteiger partial charge in [-0.15, -0.1) is 0 Å². The Bertz CT molecular complexity index is 1380. The van der Waals surface area contributed by atoms with Crippen molar-refractivity contribution in [2.75, 3.05) is 37.8 Å². The van der Waals surface area contributed by atoms with Crippen molar-refractivity contribution in [2.24, 2.45) is 13.0 Å². The summed E-state index contributed by atoms with van der Waals surface area (Å²) in [6, 6.07) is 14.7. The smallest absolute Gasteiger partial charge is 0.349 e. The molecule has 0 spiro atoms. The van der Waals surface area contributed by atoms with Crippen LogP contribution in [0.1, 0.15) is 50.9 Å². The summed E-state index contributed by atoms with van der Waals surface area (Å²) in [6.07, 6.45) is 1.95. The van der Waals surface area contributed by atoms with E-state index in [1.54, 1.807) is 19.2 Å². The normalized spacial score (nSPS) is 21.2. The molecule has 0 aliphatic carbocycles. The lowest BCUT2D eigenvalue weighted by Crippen LogP contribution is -2.58. The van der Waals surface area contributed by atoms with Gasteiger partial charge in [0.25, 0.3) is 0 Å². The monoisotopic (exact) mass is 516 g/mol. The van der Waals surface area contributed by atoms with Crippen molar-refractivity contribution in [3.63, 3.8) is 0 Å². The number of rotatable bonds is 8. The molecule has 200 valence electrons. The number of nitriles is 1. The van der Waals surface area contributed by atoms with Crippen molar-refractivity contribution >= 4 is 16.9 Å². The van der Waals surface area contributed by atoms with Crippen LogP contribution in [0.4, 0.5) is 5.82 Å². The van der Waals surface area contributed by atoms with Crippen molar-refractivity contribution in [3.8, 4) is 11.8 Å². The highest BCUT2D eigenvalue weighted by Gasteiger charge is 2.36. The van der Waals surface area contributed by atoms with E-state index in [-0.39, 0.29) is 23.8 Å². The first-order valence-electron chi connectivity index (χ1n) is 13.5. The maximum Gasteiger partial charge on any atom is 0.349 e. The minimum atomic E-state index is -0.319. The third-order valence-electron chi connectivity index (χ3n) is 7.92. The van der Waals surface area contributed by atoms with Crippen molar-refractivity contribution in [1.82, 2.24) is 19.4 Å². The predicted octanol–water partition coefficient (Wildman–Crippen LogP) is 3.67. The van der Waals surface area contributed by atoms with Gasteiger partial charge in [-0.1, -0.05) is 26.0 Å². The predicted molar refractivity (Wildman–Crippen MR) is 146 cm³/mol. The van der Waals surface area contributed by atoms with Gasteiger partial charge in [-0.3, -0.25) is 9.47 Å². The molecule has 2 aliphatic rings. The van der Waals surface area contributed by atoms with Crippen LogP contribution in [0.25, 0.3) is 11.0 Å². The van der Waals surface area contributed by atoms with Crippen LogP contribution in [0.2, 0.25) is 0 Å². The first-order chi connectivity index (χ1) is 18.4. The van der Waals surface area contributed by atoms with Crippen LogP contribution < -0.4 is 15.3 Å². The van der Waals surface area contributed by atoms with Crippen LogP contribution in [0.5, 0.6) is 5.75 Å². The van der Waals surface area contributed by atoms with Crippen molar-refractivity contribution in [1.29, 1.82) is 5.26 Å². The molecular weight excluding hydrogens is 480 g/mol. The van der Waals surface area contributed by atoms with E-state index in [9.17, 15) is 10.1 Å². The second-order valence-electron chi connectivity index (χ2n) is 10.4. The number of nitrogens with zero attached hydrogens (tertiary/aromatic N) is 6. The van der Waals surface area contributed by atoms with Gasteiger partial charge in [-0.25, -0.2) is 9.78 Å². The molecule has 0 radical (unpaired) electrons. The topological polar surface area (TPSA) is 96.5 Å². The van der Waals surface area contributed by atoms with E-state index < -0.39 is 0 Å². The number of benzene rings is 1. The fraction of sp³-hybridized carbons (Fsp3) is 0.517. The molecule has 3 aromatic rings. The molecule has 2 aromatic heterocycles. The molecule has 3 atom stereocenters. The van der Waals surface area contributed by atoms with Gasteiger partial charge in [0.1, 0.15) is 23.0 Å². The lowest BCUT2D eigenvalue weighted by molar-refractivity contribution is -0.0508. The second kappa shape index (κ2) is 11.1. The summed E-state index contributed by atoms with van der Waals surface area (Å²) in [5, 5.41) is 9.44. The summed E-state index contributed by atoms with van der Waals surface area (Å²) < 4.78 is 12.7. The van der Waals surface area contributed by atoms with E-state index in [1.165, 1.54) is 10.1 Å². The maximum absolute atomic E-state index is 12.7. The molecule has 2 saturated heterocycles. The molecule has 0 bridgehead atoms.